The van der Waals surface area contributed by atoms with Crippen LogP contribution in [0.1, 0.15) is 30.5 Å². The number of methoxy groups -OCH3 is 1. The number of amides is 1. The Bertz CT molecular complexity index is 1400. The van der Waals surface area contributed by atoms with Crippen LogP contribution in [-0.2, 0) is 24.7 Å². The van der Waals surface area contributed by atoms with E-state index in [0.717, 1.165) is 21.7 Å². The number of anilines is 1. The molecule has 3 aromatic rings. The second kappa shape index (κ2) is 11.1. The van der Waals surface area contributed by atoms with Crippen LogP contribution in [-0.4, -0.2) is 42.7 Å². The standard InChI is InChI=1S/C26H30N2O6S2/c1-5-25(20-8-14-23(15-9-20)35(4,30)31)27-26(29)18-28(21-10-6-19(2)7-11-21)36(32,33)24-16-12-22(34-3)13-17-24/h6-17,25H,5,18H2,1-4H3,(H,27,29). The third-order valence-corrected chi connectivity index (χ3v) is 8.63. The highest BCUT2D eigenvalue weighted by Crippen LogP contribution is 2.26. The lowest BCUT2D eigenvalue weighted by Crippen LogP contribution is -2.42. The molecule has 0 aliphatic rings. The molecule has 1 N–H and O–H groups in total. The number of ether oxygens (including phenoxy) is 1. The molecule has 0 aromatic heterocycles. The summed E-state index contributed by atoms with van der Waals surface area (Å²) in [6.45, 7) is 3.33. The van der Waals surface area contributed by atoms with Gasteiger partial charge in [-0.3, -0.25) is 9.10 Å². The number of sulfone groups is 1. The Balaban J connectivity index is 1.88. The first-order chi connectivity index (χ1) is 17.0. The first-order valence-corrected chi connectivity index (χ1v) is 14.6. The topological polar surface area (TPSA) is 110 Å². The van der Waals surface area contributed by atoms with E-state index in [9.17, 15) is 21.6 Å². The van der Waals surface area contributed by atoms with Gasteiger partial charge in [0, 0.05) is 6.26 Å². The monoisotopic (exact) mass is 530 g/mol. The molecule has 3 rings (SSSR count). The summed E-state index contributed by atoms with van der Waals surface area (Å²) < 4.78 is 56.8. The molecule has 1 amide bonds. The normalized spacial score (nSPS) is 12.6. The molecule has 0 saturated carbocycles. The van der Waals surface area contributed by atoms with Crippen molar-refractivity contribution in [1.29, 1.82) is 0 Å². The van der Waals surface area contributed by atoms with Crippen LogP contribution >= 0.6 is 0 Å². The third-order valence-electron chi connectivity index (χ3n) is 5.71. The third kappa shape index (κ3) is 6.44. The van der Waals surface area contributed by atoms with E-state index in [1.54, 1.807) is 48.5 Å². The summed E-state index contributed by atoms with van der Waals surface area (Å²) in [6.07, 6.45) is 1.66. The van der Waals surface area contributed by atoms with Gasteiger partial charge in [-0.05, 0) is 67.4 Å². The molecular formula is C26H30N2O6S2. The Hall–Kier alpha value is -3.37. The Labute approximate surface area is 212 Å². The molecule has 0 aliphatic heterocycles. The molecule has 8 nitrogen and oxygen atoms in total. The van der Waals surface area contributed by atoms with Gasteiger partial charge in [0.25, 0.3) is 10.0 Å². The number of sulfonamides is 1. The van der Waals surface area contributed by atoms with E-state index in [4.69, 9.17) is 4.74 Å². The van der Waals surface area contributed by atoms with Gasteiger partial charge < -0.3 is 10.1 Å². The highest BCUT2D eigenvalue weighted by atomic mass is 32.2. The van der Waals surface area contributed by atoms with Crippen molar-refractivity contribution in [2.75, 3.05) is 24.2 Å². The number of nitrogens with one attached hydrogen (secondary N) is 1. The van der Waals surface area contributed by atoms with Crippen molar-refractivity contribution in [2.45, 2.75) is 36.1 Å². The summed E-state index contributed by atoms with van der Waals surface area (Å²) in [5.41, 5.74) is 2.03. The zero-order valence-electron chi connectivity index (χ0n) is 20.6. The van der Waals surface area contributed by atoms with E-state index in [2.05, 4.69) is 5.32 Å². The number of carbonyl (C=O) groups is 1. The quantitative estimate of drug-likeness (QED) is 0.426. The summed E-state index contributed by atoms with van der Waals surface area (Å²) >= 11 is 0. The number of hydrogen-bond donors (Lipinski definition) is 1. The van der Waals surface area contributed by atoms with Crippen LogP contribution in [0.4, 0.5) is 5.69 Å². The predicted molar refractivity (Wildman–Crippen MR) is 139 cm³/mol. The SMILES string of the molecule is CCC(NC(=O)CN(c1ccc(C)cc1)S(=O)(=O)c1ccc(OC)cc1)c1ccc(S(C)(=O)=O)cc1. The lowest BCUT2D eigenvalue weighted by Gasteiger charge is -2.26. The lowest BCUT2D eigenvalue weighted by atomic mass is 10.0. The van der Waals surface area contributed by atoms with Gasteiger partial charge in [-0.1, -0.05) is 36.8 Å². The van der Waals surface area contributed by atoms with Crippen LogP contribution < -0.4 is 14.4 Å². The van der Waals surface area contributed by atoms with Gasteiger partial charge in [0.2, 0.25) is 5.91 Å². The van der Waals surface area contributed by atoms with Crippen molar-refractivity contribution in [1.82, 2.24) is 5.32 Å². The molecule has 0 heterocycles. The minimum atomic E-state index is -4.07. The van der Waals surface area contributed by atoms with E-state index >= 15 is 0 Å². The molecule has 3 aromatic carbocycles. The summed E-state index contributed by atoms with van der Waals surface area (Å²) in [7, 11) is -5.92. The lowest BCUT2D eigenvalue weighted by molar-refractivity contribution is -0.120. The van der Waals surface area contributed by atoms with E-state index < -0.39 is 38.4 Å². The first-order valence-electron chi connectivity index (χ1n) is 11.3. The first kappa shape index (κ1) is 27.2. The minimum absolute atomic E-state index is 0.0279. The molecule has 0 spiro atoms. The van der Waals surface area contributed by atoms with Crippen molar-refractivity contribution in [3.63, 3.8) is 0 Å². The maximum absolute atomic E-state index is 13.6. The number of nitrogens with zero attached hydrogens (tertiary/aromatic N) is 1. The zero-order chi connectivity index (χ0) is 26.5. The Morgan fingerprint density at radius 3 is 1.94 bits per heavy atom. The Kier molecular flexibility index (Phi) is 8.42. The predicted octanol–water partition coefficient (Wildman–Crippen LogP) is 3.87. The second-order valence-electron chi connectivity index (χ2n) is 8.39. The van der Waals surface area contributed by atoms with Gasteiger partial charge in [0.05, 0.1) is 28.6 Å². The number of rotatable bonds is 10. The average molecular weight is 531 g/mol. The van der Waals surface area contributed by atoms with Crippen molar-refractivity contribution in [3.05, 3.63) is 83.9 Å². The van der Waals surface area contributed by atoms with E-state index in [-0.39, 0.29) is 9.79 Å². The largest absolute Gasteiger partial charge is 0.497 e. The fourth-order valence-corrected chi connectivity index (χ4v) is 5.69. The van der Waals surface area contributed by atoms with Crippen molar-refractivity contribution in [2.24, 2.45) is 0 Å². The Morgan fingerprint density at radius 2 is 1.44 bits per heavy atom. The number of aryl methyl sites for hydroxylation is 1. The molecule has 0 aliphatic carbocycles. The van der Waals surface area contributed by atoms with E-state index in [1.807, 2.05) is 13.8 Å². The van der Waals surface area contributed by atoms with Crippen LogP contribution in [0.15, 0.2) is 82.6 Å². The van der Waals surface area contributed by atoms with Gasteiger partial charge >= 0.3 is 0 Å². The molecule has 0 fully saturated rings. The number of benzene rings is 3. The second-order valence-corrected chi connectivity index (χ2v) is 12.3. The summed E-state index contributed by atoms with van der Waals surface area (Å²) in [5.74, 6) is 0.0213. The smallest absolute Gasteiger partial charge is 0.264 e. The van der Waals surface area contributed by atoms with Gasteiger partial charge in [0.1, 0.15) is 12.3 Å². The molecule has 1 unspecified atom stereocenters. The van der Waals surface area contributed by atoms with Crippen LogP contribution in [0.25, 0.3) is 0 Å². The maximum Gasteiger partial charge on any atom is 0.264 e. The fraction of sp³-hybridized carbons (Fsp3) is 0.269. The van der Waals surface area contributed by atoms with Crippen LogP contribution in [0.2, 0.25) is 0 Å². The molecule has 0 bridgehead atoms. The maximum atomic E-state index is 13.6. The fourth-order valence-electron chi connectivity index (χ4n) is 3.64. The minimum Gasteiger partial charge on any atom is -0.497 e. The van der Waals surface area contributed by atoms with Gasteiger partial charge in [-0.15, -0.1) is 0 Å². The molecule has 192 valence electrons. The average Bonchev–Trinajstić information content (AvgIpc) is 2.86. The molecule has 0 radical (unpaired) electrons. The van der Waals surface area contributed by atoms with Gasteiger partial charge in [-0.25, -0.2) is 16.8 Å². The van der Waals surface area contributed by atoms with Crippen LogP contribution in [0.5, 0.6) is 5.75 Å². The molecular weight excluding hydrogens is 500 g/mol. The van der Waals surface area contributed by atoms with Gasteiger partial charge in [0.15, 0.2) is 9.84 Å². The molecule has 10 heteroatoms. The Morgan fingerprint density at radius 1 is 0.889 bits per heavy atom. The van der Waals surface area contributed by atoms with E-state index in [0.29, 0.717) is 17.9 Å². The summed E-state index contributed by atoms with van der Waals surface area (Å²) in [4.78, 5) is 13.3. The molecule has 0 saturated heterocycles. The van der Waals surface area contributed by atoms with Crippen molar-refractivity contribution in [3.8, 4) is 5.75 Å². The van der Waals surface area contributed by atoms with Crippen LogP contribution in [0, 0.1) is 6.92 Å². The van der Waals surface area contributed by atoms with Crippen LogP contribution in [0.3, 0.4) is 0 Å². The van der Waals surface area contributed by atoms with E-state index in [1.165, 1.54) is 31.4 Å². The number of hydrogen-bond acceptors (Lipinski definition) is 6. The van der Waals surface area contributed by atoms with Gasteiger partial charge in [-0.2, -0.15) is 0 Å². The van der Waals surface area contributed by atoms with Crippen molar-refractivity contribution < 1.29 is 26.4 Å². The van der Waals surface area contributed by atoms with Crippen molar-refractivity contribution >= 4 is 31.5 Å². The summed E-state index contributed by atoms with van der Waals surface area (Å²) in [6, 6.07) is 18.7. The molecule has 36 heavy (non-hydrogen) atoms. The highest BCUT2D eigenvalue weighted by molar-refractivity contribution is 7.93. The summed E-state index contributed by atoms with van der Waals surface area (Å²) in [5, 5.41) is 2.88. The molecule has 1 atom stereocenters. The highest BCUT2D eigenvalue weighted by Gasteiger charge is 2.28. The number of carbonyl (C=O) groups excluding carboxylic acids is 1. The zero-order valence-corrected chi connectivity index (χ0v) is 22.3.